The van der Waals surface area contributed by atoms with Crippen molar-refractivity contribution in [2.24, 2.45) is 14.1 Å². The number of carbonyl (C=O) groups is 1. The number of nitrogens with one attached hydrogen (secondary N) is 1. The maximum atomic E-state index is 13.2. The summed E-state index contributed by atoms with van der Waals surface area (Å²) in [5.41, 5.74) is 0.00730. The first kappa shape index (κ1) is 25.0. The van der Waals surface area contributed by atoms with Crippen LogP contribution in [0.4, 0.5) is 24.3 Å². The SMILES string of the molecule is Cn1c(=O)c2c(CC(=O)Nc3nnc(-c4cnc(N5CCC[C@H]5C(F)(F)F)nc4)s3)csc2n(C)c1=O. The van der Waals surface area contributed by atoms with Gasteiger partial charge in [0.15, 0.2) is 5.01 Å². The maximum absolute atomic E-state index is 13.2. The average Bonchev–Trinajstić information content (AvgIpc) is 3.61. The molecule has 0 radical (unpaired) electrons. The number of amides is 1. The molecule has 0 spiro atoms. The van der Waals surface area contributed by atoms with Gasteiger partial charge in [0.2, 0.25) is 17.0 Å². The molecule has 1 aliphatic rings. The zero-order valence-electron chi connectivity index (χ0n) is 19.4. The Morgan fingerprint density at radius 2 is 1.89 bits per heavy atom. The Morgan fingerprint density at radius 1 is 1.16 bits per heavy atom. The summed E-state index contributed by atoms with van der Waals surface area (Å²) >= 11 is 2.25. The van der Waals surface area contributed by atoms with Crippen molar-refractivity contribution in [3.63, 3.8) is 0 Å². The van der Waals surface area contributed by atoms with Gasteiger partial charge in [-0.3, -0.25) is 18.7 Å². The number of hydrogen-bond acceptors (Lipinski definition) is 10. The minimum Gasteiger partial charge on any atom is -0.329 e. The third-order valence-corrected chi connectivity index (χ3v) is 8.03. The fourth-order valence-electron chi connectivity index (χ4n) is 4.21. The number of nitrogens with zero attached hydrogens (tertiary/aromatic N) is 7. The summed E-state index contributed by atoms with van der Waals surface area (Å²) in [6.45, 7) is 0.223. The molecule has 37 heavy (non-hydrogen) atoms. The average molecular weight is 553 g/mol. The zero-order chi connectivity index (χ0) is 26.5. The van der Waals surface area contributed by atoms with Crippen molar-refractivity contribution in [1.29, 1.82) is 0 Å². The van der Waals surface area contributed by atoms with Crippen LogP contribution in [-0.2, 0) is 25.3 Å². The van der Waals surface area contributed by atoms with Gasteiger partial charge in [-0.05, 0) is 23.8 Å². The quantitative estimate of drug-likeness (QED) is 0.400. The Labute approximate surface area is 214 Å². The summed E-state index contributed by atoms with van der Waals surface area (Å²) in [6, 6.07) is -1.60. The molecule has 16 heteroatoms. The Hall–Kier alpha value is -3.66. The molecule has 1 aliphatic heterocycles. The molecule has 1 amide bonds. The third-order valence-electron chi connectivity index (χ3n) is 6.04. The standard InChI is InChI=1S/C21H19F3N8O3S2/c1-30-16(34)14-10(9-36-17(14)31(2)20(30)35)6-13(33)27-19-29-28-15(37-19)11-7-25-18(26-8-11)32-5-3-4-12(32)21(22,23)24/h7-9,12H,3-6H2,1-2H3,(H,27,29,33)/t12-/m0/s1. The molecule has 5 rings (SSSR count). The van der Waals surface area contributed by atoms with E-state index in [9.17, 15) is 27.6 Å². The van der Waals surface area contributed by atoms with Crippen LogP contribution in [-0.4, -0.2) is 54.0 Å². The molecule has 1 atom stereocenters. The predicted octanol–water partition coefficient (Wildman–Crippen LogP) is 2.32. The molecule has 0 aliphatic carbocycles. The van der Waals surface area contributed by atoms with Gasteiger partial charge in [-0.15, -0.1) is 21.5 Å². The molecule has 1 saturated heterocycles. The van der Waals surface area contributed by atoms with E-state index in [1.807, 2.05) is 0 Å². The van der Waals surface area contributed by atoms with E-state index in [0.29, 0.717) is 32.8 Å². The molecule has 0 bridgehead atoms. The van der Waals surface area contributed by atoms with Crippen molar-refractivity contribution in [3.05, 3.63) is 44.2 Å². The molecule has 4 aromatic rings. The number of aryl methyl sites for hydroxylation is 1. The van der Waals surface area contributed by atoms with E-state index < -0.39 is 29.4 Å². The van der Waals surface area contributed by atoms with Crippen LogP contribution in [0.15, 0.2) is 27.4 Å². The number of anilines is 2. The van der Waals surface area contributed by atoms with Gasteiger partial charge in [-0.1, -0.05) is 11.3 Å². The highest BCUT2D eigenvalue weighted by molar-refractivity contribution is 7.18. The van der Waals surface area contributed by atoms with Crippen molar-refractivity contribution < 1.29 is 18.0 Å². The first-order valence-electron chi connectivity index (χ1n) is 11.0. The van der Waals surface area contributed by atoms with Crippen LogP contribution < -0.4 is 21.5 Å². The van der Waals surface area contributed by atoms with Gasteiger partial charge in [-0.25, -0.2) is 14.8 Å². The van der Waals surface area contributed by atoms with E-state index in [1.54, 1.807) is 12.4 Å². The van der Waals surface area contributed by atoms with Crippen molar-refractivity contribution in [2.75, 3.05) is 16.8 Å². The number of hydrogen-bond donors (Lipinski definition) is 1. The first-order valence-corrected chi connectivity index (χ1v) is 12.7. The second kappa shape index (κ2) is 9.33. The summed E-state index contributed by atoms with van der Waals surface area (Å²) in [5.74, 6) is -0.439. The van der Waals surface area contributed by atoms with E-state index in [-0.39, 0.29) is 30.5 Å². The number of halogens is 3. The number of alkyl halides is 3. The fraction of sp³-hybridized carbons (Fsp3) is 0.381. The van der Waals surface area contributed by atoms with Crippen molar-refractivity contribution in [2.45, 2.75) is 31.5 Å². The molecule has 11 nitrogen and oxygen atoms in total. The lowest BCUT2D eigenvalue weighted by Crippen LogP contribution is -2.42. The van der Waals surface area contributed by atoms with E-state index in [4.69, 9.17) is 0 Å². The minimum atomic E-state index is -4.36. The largest absolute Gasteiger partial charge is 0.408 e. The summed E-state index contributed by atoms with van der Waals surface area (Å²) < 4.78 is 42.1. The number of fused-ring (bicyclic) bond motifs is 1. The molecular weight excluding hydrogens is 533 g/mol. The monoisotopic (exact) mass is 552 g/mol. The first-order chi connectivity index (χ1) is 17.5. The molecule has 4 aromatic heterocycles. The van der Waals surface area contributed by atoms with Crippen LogP contribution in [0, 0.1) is 0 Å². The smallest absolute Gasteiger partial charge is 0.329 e. The Balaban J connectivity index is 1.29. The van der Waals surface area contributed by atoms with Crippen LogP contribution >= 0.6 is 22.7 Å². The molecule has 194 valence electrons. The third kappa shape index (κ3) is 4.61. The van der Waals surface area contributed by atoms with Gasteiger partial charge in [0.25, 0.3) is 5.56 Å². The lowest BCUT2D eigenvalue weighted by atomic mass is 10.1. The molecule has 0 saturated carbocycles. The molecule has 5 heterocycles. The second-order valence-corrected chi connectivity index (χ2v) is 10.3. The normalized spacial score (nSPS) is 16.0. The Morgan fingerprint density at radius 3 is 2.59 bits per heavy atom. The van der Waals surface area contributed by atoms with E-state index in [0.717, 1.165) is 20.8 Å². The molecule has 0 unspecified atom stereocenters. The van der Waals surface area contributed by atoms with Crippen LogP contribution in [0.25, 0.3) is 20.8 Å². The number of thiophene rings is 1. The summed E-state index contributed by atoms with van der Waals surface area (Å²) in [5, 5.41) is 13.1. The fourth-order valence-corrected chi connectivity index (χ4v) is 5.97. The van der Waals surface area contributed by atoms with Gasteiger partial charge in [-0.2, -0.15) is 13.2 Å². The maximum Gasteiger partial charge on any atom is 0.408 e. The molecular formula is C21H19F3N8O3S2. The topological polar surface area (TPSA) is 128 Å². The summed E-state index contributed by atoms with van der Waals surface area (Å²) in [7, 11) is 2.94. The van der Waals surface area contributed by atoms with Crippen molar-refractivity contribution in [3.8, 4) is 10.6 Å². The highest BCUT2D eigenvalue weighted by Gasteiger charge is 2.46. The van der Waals surface area contributed by atoms with Crippen molar-refractivity contribution in [1.82, 2.24) is 29.3 Å². The van der Waals surface area contributed by atoms with E-state index >= 15 is 0 Å². The minimum absolute atomic E-state index is 0.00193. The molecule has 1 fully saturated rings. The van der Waals surface area contributed by atoms with Gasteiger partial charge >= 0.3 is 11.9 Å². The van der Waals surface area contributed by atoms with Crippen LogP contribution in [0.3, 0.4) is 0 Å². The lowest BCUT2D eigenvalue weighted by molar-refractivity contribution is -0.146. The summed E-state index contributed by atoms with van der Waals surface area (Å²) in [4.78, 5) is 47.2. The number of carbonyl (C=O) groups excluding carboxylic acids is 1. The Bertz CT molecular complexity index is 1610. The molecule has 1 N–H and O–H groups in total. The molecule has 0 aromatic carbocycles. The van der Waals surface area contributed by atoms with Crippen LogP contribution in [0.1, 0.15) is 18.4 Å². The van der Waals surface area contributed by atoms with Gasteiger partial charge in [0.1, 0.15) is 10.9 Å². The van der Waals surface area contributed by atoms with Gasteiger partial charge in [0.05, 0.1) is 11.8 Å². The van der Waals surface area contributed by atoms with Crippen LogP contribution in [0.5, 0.6) is 0 Å². The lowest BCUT2D eigenvalue weighted by Gasteiger charge is -2.26. The Kier molecular flexibility index (Phi) is 6.31. The predicted molar refractivity (Wildman–Crippen MR) is 132 cm³/mol. The van der Waals surface area contributed by atoms with Gasteiger partial charge < -0.3 is 10.2 Å². The second-order valence-electron chi connectivity index (χ2n) is 8.45. The van der Waals surface area contributed by atoms with Gasteiger partial charge in [0, 0.05) is 38.6 Å². The number of aromatic nitrogens is 6. The highest BCUT2D eigenvalue weighted by atomic mass is 32.1. The zero-order valence-corrected chi connectivity index (χ0v) is 21.1. The highest BCUT2D eigenvalue weighted by Crippen LogP contribution is 2.35. The van der Waals surface area contributed by atoms with Crippen LogP contribution in [0.2, 0.25) is 0 Å². The van der Waals surface area contributed by atoms with E-state index in [1.165, 1.54) is 35.3 Å². The van der Waals surface area contributed by atoms with Crippen molar-refractivity contribution >= 4 is 49.9 Å². The summed E-state index contributed by atoms with van der Waals surface area (Å²) in [6.07, 6.45) is -1.32. The number of rotatable bonds is 5. The van der Waals surface area contributed by atoms with E-state index in [2.05, 4.69) is 25.5 Å².